The monoisotopic (exact) mass is 317 g/mol. The van der Waals surface area contributed by atoms with Gasteiger partial charge in [-0.1, -0.05) is 42.5 Å². The Morgan fingerprint density at radius 1 is 0.875 bits per heavy atom. The number of nitriles is 2. The van der Waals surface area contributed by atoms with Crippen molar-refractivity contribution in [3.63, 3.8) is 0 Å². The van der Waals surface area contributed by atoms with Crippen LogP contribution in [0.3, 0.4) is 0 Å². The van der Waals surface area contributed by atoms with Crippen LogP contribution in [0.4, 0.5) is 0 Å². The number of hydrogen-bond donors (Lipinski definition) is 0. The Morgan fingerprint density at radius 2 is 1.38 bits per heavy atom. The lowest BCUT2D eigenvalue weighted by molar-refractivity contribution is -0.141. The van der Waals surface area contributed by atoms with E-state index in [1.165, 1.54) is 12.1 Å². The Balaban J connectivity index is 1.91. The summed E-state index contributed by atoms with van der Waals surface area (Å²) in [6, 6.07) is 18.6. The largest absolute Gasteiger partial charge is 0.285 e. The van der Waals surface area contributed by atoms with Crippen LogP contribution in [-0.4, -0.2) is 22.5 Å². The summed E-state index contributed by atoms with van der Waals surface area (Å²) in [6.45, 7) is 0. The minimum Gasteiger partial charge on any atom is -0.266 e. The zero-order chi connectivity index (χ0) is 17.2. The molecule has 0 N–H and O–H groups in total. The summed E-state index contributed by atoms with van der Waals surface area (Å²) >= 11 is 0. The van der Waals surface area contributed by atoms with E-state index in [1.54, 1.807) is 54.6 Å². The first-order valence-corrected chi connectivity index (χ1v) is 7.13. The standard InChI is InChI=1S/C18H11N3O3/c19-11-18(12-20,10-13-6-2-1-3-7-13)24-21-16(22)14-8-4-5-9-15(14)17(21)23/h1-9H,10H2. The number of amides is 2. The van der Waals surface area contributed by atoms with Crippen molar-refractivity contribution in [2.24, 2.45) is 0 Å². The molecule has 2 aromatic carbocycles. The van der Waals surface area contributed by atoms with Crippen LogP contribution in [-0.2, 0) is 11.3 Å². The summed E-state index contributed by atoms with van der Waals surface area (Å²) in [5.41, 5.74) is -0.925. The summed E-state index contributed by atoms with van der Waals surface area (Å²) in [7, 11) is 0. The summed E-state index contributed by atoms with van der Waals surface area (Å²) in [5, 5.41) is 19.4. The van der Waals surface area contributed by atoms with Crippen LogP contribution in [0, 0.1) is 22.7 Å². The summed E-state index contributed by atoms with van der Waals surface area (Å²) in [4.78, 5) is 30.0. The highest BCUT2D eigenvalue weighted by atomic mass is 16.7. The molecule has 1 heterocycles. The van der Waals surface area contributed by atoms with Crippen molar-refractivity contribution in [3.8, 4) is 12.1 Å². The van der Waals surface area contributed by atoms with E-state index in [1.807, 2.05) is 0 Å². The maximum atomic E-state index is 12.3. The third-order valence-corrected chi connectivity index (χ3v) is 3.66. The zero-order valence-corrected chi connectivity index (χ0v) is 12.5. The predicted octanol–water partition coefficient (Wildman–Crippen LogP) is 2.24. The third-order valence-electron chi connectivity index (χ3n) is 3.66. The normalized spacial score (nSPS) is 13.3. The molecule has 0 spiro atoms. The average Bonchev–Trinajstić information content (AvgIpc) is 2.87. The molecule has 0 saturated heterocycles. The molecule has 0 saturated carbocycles. The fourth-order valence-corrected chi connectivity index (χ4v) is 2.47. The van der Waals surface area contributed by atoms with Crippen LogP contribution in [0.25, 0.3) is 0 Å². The first-order valence-electron chi connectivity index (χ1n) is 7.13. The highest BCUT2D eigenvalue weighted by Crippen LogP contribution is 2.27. The molecule has 2 amide bonds. The molecule has 3 rings (SSSR count). The van der Waals surface area contributed by atoms with Crippen molar-refractivity contribution >= 4 is 11.8 Å². The Bertz CT molecular complexity index is 845. The second kappa shape index (κ2) is 5.96. The molecule has 0 bridgehead atoms. The van der Waals surface area contributed by atoms with Crippen molar-refractivity contribution in [3.05, 3.63) is 71.3 Å². The molecule has 1 aliphatic heterocycles. The molecule has 0 fully saturated rings. The SMILES string of the molecule is N#CC(C#N)(Cc1ccccc1)ON1C(=O)c2ccccc2C1=O. The van der Waals surface area contributed by atoms with E-state index in [2.05, 4.69) is 0 Å². The quantitative estimate of drug-likeness (QED) is 0.806. The number of hydrogen-bond acceptors (Lipinski definition) is 5. The van der Waals surface area contributed by atoms with Gasteiger partial charge in [0.05, 0.1) is 11.1 Å². The van der Waals surface area contributed by atoms with Gasteiger partial charge in [0.1, 0.15) is 12.1 Å². The third kappa shape index (κ3) is 2.52. The Hall–Kier alpha value is -3.48. The second-order valence-corrected chi connectivity index (χ2v) is 5.25. The van der Waals surface area contributed by atoms with Crippen LogP contribution in [0.5, 0.6) is 0 Å². The molecule has 0 radical (unpaired) electrons. The van der Waals surface area contributed by atoms with E-state index >= 15 is 0 Å². The number of rotatable bonds is 4. The van der Waals surface area contributed by atoms with Crippen molar-refractivity contribution in [2.45, 2.75) is 12.0 Å². The minimum absolute atomic E-state index is 0.0752. The Kier molecular flexibility index (Phi) is 3.83. The van der Waals surface area contributed by atoms with Crippen LogP contribution in [0.15, 0.2) is 54.6 Å². The molecule has 24 heavy (non-hydrogen) atoms. The second-order valence-electron chi connectivity index (χ2n) is 5.25. The molecule has 0 aromatic heterocycles. The van der Waals surface area contributed by atoms with Crippen molar-refractivity contribution in [1.29, 1.82) is 10.5 Å². The number of fused-ring (bicyclic) bond motifs is 1. The van der Waals surface area contributed by atoms with Crippen molar-refractivity contribution in [2.75, 3.05) is 0 Å². The van der Waals surface area contributed by atoms with Crippen LogP contribution < -0.4 is 0 Å². The van der Waals surface area contributed by atoms with Gasteiger partial charge < -0.3 is 0 Å². The molecule has 1 aliphatic rings. The van der Waals surface area contributed by atoms with Crippen molar-refractivity contribution in [1.82, 2.24) is 5.06 Å². The van der Waals surface area contributed by atoms with Crippen LogP contribution >= 0.6 is 0 Å². The fourth-order valence-electron chi connectivity index (χ4n) is 2.47. The lowest BCUT2D eigenvalue weighted by Crippen LogP contribution is -2.43. The first kappa shape index (κ1) is 15.4. The molecule has 6 nitrogen and oxygen atoms in total. The van der Waals surface area contributed by atoms with Gasteiger partial charge in [0, 0.05) is 6.42 Å². The van der Waals surface area contributed by atoms with Crippen LogP contribution in [0.1, 0.15) is 26.3 Å². The number of imide groups is 1. The van der Waals surface area contributed by atoms with Gasteiger partial charge >= 0.3 is 0 Å². The molecular weight excluding hydrogens is 306 g/mol. The number of benzene rings is 2. The first-order chi connectivity index (χ1) is 11.6. The number of carbonyl (C=O) groups is 2. The van der Waals surface area contributed by atoms with Gasteiger partial charge in [0.15, 0.2) is 0 Å². The molecule has 0 atom stereocenters. The molecule has 116 valence electrons. The smallest absolute Gasteiger partial charge is 0.266 e. The summed E-state index contributed by atoms with van der Waals surface area (Å²) in [6.07, 6.45) is -0.0752. The molecule has 6 heteroatoms. The molecule has 0 unspecified atom stereocenters. The predicted molar refractivity (Wildman–Crippen MR) is 82.1 cm³/mol. The maximum absolute atomic E-state index is 12.3. The van der Waals surface area contributed by atoms with Crippen molar-refractivity contribution < 1.29 is 14.4 Å². The summed E-state index contributed by atoms with van der Waals surface area (Å²) in [5.74, 6) is -1.36. The van der Waals surface area contributed by atoms with Gasteiger partial charge in [0.2, 0.25) is 0 Å². The Labute approximate surface area is 138 Å². The van der Waals surface area contributed by atoms with E-state index in [0.29, 0.717) is 10.6 Å². The number of carbonyl (C=O) groups excluding carboxylic acids is 2. The van der Waals surface area contributed by atoms with E-state index in [0.717, 1.165) is 0 Å². The fraction of sp³-hybridized carbons (Fsp3) is 0.111. The minimum atomic E-state index is -1.98. The van der Waals surface area contributed by atoms with Gasteiger partial charge in [-0.05, 0) is 17.7 Å². The van der Waals surface area contributed by atoms with Gasteiger partial charge in [-0.3, -0.25) is 9.59 Å². The topological polar surface area (TPSA) is 94.2 Å². The highest BCUT2D eigenvalue weighted by Gasteiger charge is 2.44. The number of hydroxylamine groups is 2. The lowest BCUT2D eigenvalue weighted by Gasteiger charge is -2.23. The maximum Gasteiger partial charge on any atom is 0.285 e. The molecule has 2 aromatic rings. The van der Waals surface area contributed by atoms with E-state index in [4.69, 9.17) is 4.84 Å². The Morgan fingerprint density at radius 3 is 1.88 bits per heavy atom. The zero-order valence-electron chi connectivity index (χ0n) is 12.5. The van der Waals surface area contributed by atoms with Gasteiger partial charge in [-0.2, -0.15) is 10.5 Å². The molecular formula is C18H11N3O3. The summed E-state index contributed by atoms with van der Waals surface area (Å²) < 4.78 is 0. The van der Waals surface area contributed by atoms with Gasteiger partial charge in [-0.15, -0.1) is 5.06 Å². The van der Waals surface area contributed by atoms with E-state index < -0.39 is 17.4 Å². The van der Waals surface area contributed by atoms with E-state index in [-0.39, 0.29) is 17.5 Å². The van der Waals surface area contributed by atoms with Crippen LogP contribution in [0.2, 0.25) is 0 Å². The number of nitrogens with zero attached hydrogens (tertiary/aromatic N) is 3. The van der Waals surface area contributed by atoms with E-state index in [9.17, 15) is 20.1 Å². The lowest BCUT2D eigenvalue weighted by atomic mass is 9.97. The van der Waals surface area contributed by atoms with Gasteiger partial charge in [0.25, 0.3) is 17.4 Å². The average molecular weight is 317 g/mol. The highest BCUT2D eigenvalue weighted by molar-refractivity contribution is 6.20. The molecule has 0 aliphatic carbocycles. The van der Waals surface area contributed by atoms with Gasteiger partial charge in [-0.25, -0.2) is 4.84 Å².